The molecule has 2 aromatic rings. The summed E-state index contributed by atoms with van der Waals surface area (Å²) in [6.07, 6.45) is 0. The molecule has 0 radical (unpaired) electrons. The number of non-ortho nitro benzene ring substituents is 1. The lowest BCUT2D eigenvalue weighted by atomic mass is 10.1. The molecule has 0 saturated carbocycles. The van der Waals surface area contributed by atoms with Crippen LogP contribution in [-0.4, -0.2) is 30.3 Å². The number of carbonyl (C=O) groups excluding carboxylic acids is 2. The molecule has 130 valence electrons. The number of hydrogen-bond donors (Lipinski definition) is 1. The quantitative estimate of drug-likeness (QED) is 0.470. The van der Waals surface area contributed by atoms with Gasteiger partial charge in [-0.15, -0.1) is 0 Å². The number of Topliss-reactive ketones (excluding diaryl/α,β-unsaturated/α-hetero) is 1. The molecule has 0 aliphatic heterocycles. The van der Waals surface area contributed by atoms with Gasteiger partial charge in [-0.2, -0.15) is 0 Å². The predicted octanol–water partition coefficient (Wildman–Crippen LogP) is 2.82. The van der Waals surface area contributed by atoms with Gasteiger partial charge in [-0.05, 0) is 37.3 Å². The Labute approximate surface area is 143 Å². The van der Waals surface area contributed by atoms with Crippen LogP contribution in [0, 0.1) is 10.1 Å². The first kappa shape index (κ1) is 17.9. The number of nitrogens with zero attached hydrogens (tertiary/aromatic N) is 1. The van der Waals surface area contributed by atoms with Gasteiger partial charge in [-0.1, -0.05) is 0 Å². The number of nitro groups is 1. The average molecular weight is 344 g/mol. The number of nitro benzene ring substituents is 1. The lowest BCUT2D eigenvalue weighted by Gasteiger charge is -2.11. The van der Waals surface area contributed by atoms with Crippen LogP contribution in [0.2, 0.25) is 0 Å². The van der Waals surface area contributed by atoms with Gasteiger partial charge in [0.15, 0.2) is 12.4 Å². The Morgan fingerprint density at radius 3 is 2.40 bits per heavy atom. The monoisotopic (exact) mass is 344 g/mol. The molecule has 0 fully saturated rings. The van der Waals surface area contributed by atoms with Crippen molar-refractivity contribution in [2.75, 3.05) is 19.0 Å². The van der Waals surface area contributed by atoms with Crippen LogP contribution in [0.3, 0.4) is 0 Å². The number of amides is 1. The summed E-state index contributed by atoms with van der Waals surface area (Å²) >= 11 is 0. The van der Waals surface area contributed by atoms with Crippen molar-refractivity contribution in [3.8, 4) is 11.5 Å². The smallest absolute Gasteiger partial charge is 0.273 e. The molecule has 1 amide bonds. The Morgan fingerprint density at radius 2 is 1.84 bits per heavy atom. The molecule has 8 nitrogen and oxygen atoms in total. The van der Waals surface area contributed by atoms with Gasteiger partial charge in [-0.25, -0.2) is 0 Å². The lowest BCUT2D eigenvalue weighted by molar-refractivity contribution is -0.384. The van der Waals surface area contributed by atoms with E-state index < -0.39 is 10.8 Å². The summed E-state index contributed by atoms with van der Waals surface area (Å²) in [6, 6.07) is 10.3. The van der Waals surface area contributed by atoms with E-state index in [2.05, 4.69) is 5.32 Å². The average Bonchev–Trinajstić information content (AvgIpc) is 2.60. The number of ketones is 1. The van der Waals surface area contributed by atoms with Gasteiger partial charge in [0, 0.05) is 11.6 Å². The Balaban J connectivity index is 1.98. The van der Waals surface area contributed by atoms with E-state index in [-0.39, 0.29) is 23.8 Å². The van der Waals surface area contributed by atoms with Crippen LogP contribution in [-0.2, 0) is 4.79 Å². The van der Waals surface area contributed by atoms with Gasteiger partial charge in [0.25, 0.3) is 11.6 Å². The van der Waals surface area contributed by atoms with Crippen LogP contribution in [0.25, 0.3) is 0 Å². The third-order valence-electron chi connectivity index (χ3n) is 3.30. The van der Waals surface area contributed by atoms with E-state index in [1.54, 1.807) is 24.3 Å². The third-order valence-corrected chi connectivity index (χ3v) is 3.30. The second-order valence-electron chi connectivity index (χ2n) is 5.06. The SMILES string of the molecule is COc1cc([N+](=O)[O-])ccc1NC(=O)COc1ccc(C(C)=O)cc1. The van der Waals surface area contributed by atoms with Gasteiger partial charge in [0.1, 0.15) is 11.5 Å². The van der Waals surface area contributed by atoms with Gasteiger partial charge in [0.05, 0.1) is 23.8 Å². The summed E-state index contributed by atoms with van der Waals surface area (Å²) in [7, 11) is 1.35. The molecule has 0 aromatic heterocycles. The number of methoxy groups -OCH3 is 1. The highest BCUT2D eigenvalue weighted by Gasteiger charge is 2.13. The highest BCUT2D eigenvalue weighted by Crippen LogP contribution is 2.28. The topological polar surface area (TPSA) is 108 Å². The maximum absolute atomic E-state index is 12.0. The van der Waals surface area contributed by atoms with E-state index in [1.165, 1.54) is 32.2 Å². The first-order valence-electron chi connectivity index (χ1n) is 7.27. The number of benzene rings is 2. The van der Waals surface area contributed by atoms with Gasteiger partial charge >= 0.3 is 0 Å². The van der Waals surface area contributed by atoms with E-state index in [0.29, 0.717) is 17.0 Å². The lowest BCUT2D eigenvalue weighted by Crippen LogP contribution is -2.20. The van der Waals surface area contributed by atoms with Crippen LogP contribution in [0.4, 0.5) is 11.4 Å². The molecule has 1 N–H and O–H groups in total. The summed E-state index contributed by atoms with van der Waals surface area (Å²) in [6.45, 7) is 1.19. The number of rotatable bonds is 7. The van der Waals surface area contributed by atoms with Crippen molar-refractivity contribution in [1.29, 1.82) is 0 Å². The molecule has 0 saturated heterocycles. The molecule has 0 aliphatic carbocycles. The normalized spacial score (nSPS) is 10.0. The Morgan fingerprint density at radius 1 is 1.16 bits per heavy atom. The number of anilines is 1. The van der Waals surface area contributed by atoms with E-state index in [9.17, 15) is 19.7 Å². The van der Waals surface area contributed by atoms with Crippen LogP contribution in [0.5, 0.6) is 11.5 Å². The fourth-order valence-corrected chi connectivity index (χ4v) is 2.02. The molecular weight excluding hydrogens is 328 g/mol. The largest absolute Gasteiger partial charge is 0.494 e. The summed E-state index contributed by atoms with van der Waals surface area (Å²) in [4.78, 5) is 33.4. The molecular formula is C17H16N2O6. The standard InChI is InChI=1S/C17H16N2O6/c1-11(20)12-3-6-14(7-4-12)25-10-17(21)18-15-8-5-13(19(22)23)9-16(15)24-2/h3-9H,10H2,1-2H3,(H,18,21). The molecule has 0 heterocycles. The first-order valence-corrected chi connectivity index (χ1v) is 7.27. The van der Waals surface area contributed by atoms with Crippen LogP contribution < -0.4 is 14.8 Å². The summed E-state index contributed by atoms with van der Waals surface area (Å²) in [5.74, 6) is 0.0986. The van der Waals surface area contributed by atoms with Crippen molar-refractivity contribution in [1.82, 2.24) is 0 Å². The van der Waals surface area contributed by atoms with E-state index >= 15 is 0 Å². The van der Waals surface area contributed by atoms with Crippen molar-refractivity contribution in [3.05, 3.63) is 58.1 Å². The zero-order valence-electron chi connectivity index (χ0n) is 13.6. The van der Waals surface area contributed by atoms with Crippen LogP contribution in [0.1, 0.15) is 17.3 Å². The predicted molar refractivity (Wildman–Crippen MR) is 90.2 cm³/mol. The molecule has 0 atom stereocenters. The third kappa shape index (κ3) is 4.77. The van der Waals surface area contributed by atoms with E-state index in [4.69, 9.17) is 9.47 Å². The first-order chi connectivity index (χ1) is 11.9. The number of ether oxygens (including phenoxy) is 2. The van der Waals surface area contributed by atoms with Crippen molar-refractivity contribution in [3.63, 3.8) is 0 Å². The number of hydrogen-bond acceptors (Lipinski definition) is 6. The maximum Gasteiger partial charge on any atom is 0.273 e. The molecule has 2 rings (SSSR count). The number of nitrogens with one attached hydrogen (secondary N) is 1. The second kappa shape index (κ2) is 7.91. The van der Waals surface area contributed by atoms with Gasteiger partial charge in [-0.3, -0.25) is 19.7 Å². The van der Waals surface area contributed by atoms with E-state index in [0.717, 1.165) is 0 Å². The van der Waals surface area contributed by atoms with Gasteiger partial charge < -0.3 is 14.8 Å². The Kier molecular flexibility index (Phi) is 5.67. The molecule has 2 aromatic carbocycles. The van der Waals surface area contributed by atoms with Crippen LogP contribution >= 0.6 is 0 Å². The highest BCUT2D eigenvalue weighted by molar-refractivity contribution is 5.94. The fourth-order valence-electron chi connectivity index (χ4n) is 2.02. The van der Waals surface area contributed by atoms with E-state index in [1.807, 2.05) is 0 Å². The van der Waals surface area contributed by atoms with Crippen molar-refractivity contribution in [2.24, 2.45) is 0 Å². The maximum atomic E-state index is 12.0. The van der Waals surface area contributed by atoms with Crippen molar-refractivity contribution >= 4 is 23.1 Å². The van der Waals surface area contributed by atoms with Gasteiger partial charge in [0.2, 0.25) is 0 Å². The number of carbonyl (C=O) groups is 2. The Bertz CT molecular complexity index is 801. The molecule has 0 spiro atoms. The summed E-state index contributed by atoms with van der Waals surface area (Å²) in [5.41, 5.74) is 0.706. The summed E-state index contributed by atoms with van der Waals surface area (Å²) < 4.78 is 10.4. The van der Waals surface area contributed by atoms with Crippen molar-refractivity contribution < 1.29 is 24.0 Å². The zero-order chi connectivity index (χ0) is 18.4. The molecule has 0 unspecified atom stereocenters. The zero-order valence-corrected chi connectivity index (χ0v) is 13.6. The fraction of sp³-hybridized carbons (Fsp3) is 0.176. The highest BCUT2D eigenvalue weighted by atomic mass is 16.6. The second-order valence-corrected chi connectivity index (χ2v) is 5.06. The Hall–Kier alpha value is -3.42. The molecule has 8 heteroatoms. The summed E-state index contributed by atoms with van der Waals surface area (Å²) in [5, 5.41) is 13.3. The molecule has 0 bridgehead atoms. The minimum Gasteiger partial charge on any atom is -0.494 e. The molecule has 0 aliphatic rings. The minimum atomic E-state index is -0.554. The molecule has 25 heavy (non-hydrogen) atoms. The minimum absolute atomic E-state index is 0.0606. The van der Waals surface area contributed by atoms with Crippen LogP contribution in [0.15, 0.2) is 42.5 Å². The van der Waals surface area contributed by atoms with Crippen molar-refractivity contribution in [2.45, 2.75) is 6.92 Å².